The van der Waals surface area contributed by atoms with E-state index in [0.29, 0.717) is 23.7 Å². The molecule has 2 amide bonds. The molecule has 0 saturated heterocycles. The van der Waals surface area contributed by atoms with E-state index in [0.717, 1.165) is 25.0 Å². The second-order valence-electron chi connectivity index (χ2n) is 7.48. The van der Waals surface area contributed by atoms with E-state index in [9.17, 15) is 9.59 Å². The van der Waals surface area contributed by atoms with Gasteiger partial charge in [-0.05, 0) is 56.2 Å². The number of rotatable bonds is 10. The van der Waals surface area contributed by atoms with Crippen molar-refractivity contribution in [3.63, 3.8) is 0 Å². The van der Waals surface area contributed by atoms with Crippen LogP contribution in [0.4, 0.5) is 0 Å². The molecule has 158 valence electrons. The Morgan fingerprint density at radius 1 is 1.14 bits per heavy atom. The summed E-state index contributed by atoms with van der Waals surface area (Å²) in [5.41, 5.74) is 1.62. The summed E-state index contributed by atoms with van der Waals surface area (Å²) in [6, 6.07) is 10.8. The maximum Gasteiger partial charge on any atom is 0.254 e. The van der Waals surface area contributed by atoms with E-state index in [1.807, 2.05) is 48.7 Å². The van der Waals surface area contributed by atoms with E-state index in [-0.39, 0.29) is 24.4 Å². The molecule has 6 heteroatoms. The summed E-state index contributed by atoms with van der Waals surface area (Å²) in [5, 5.41) is 0.584. The summed E-state index contributed by atoms with van der Waals surface area (Å²) in [6.07, 6.45) is 4.70. The third-order valence-corrected chi connectivity index (χ3v) is 5.57. The average Bonchev–Trinajstić information content (AvgIpc) is 3.13. The van der Waals surface area contributed by atoms with Gasteiger partial charge in [0.25, 0.3) is 5.91 Å². The van der Waals surface area contributed by atoms with Crippen molar-refractivity contribution in [3.05, 3.63) is 58.9 Å². The third kappa shape index (κ3) is 6.36. The minimum atomic E-state index is -0.140. The molecule has 0 aliphatic carbocycles. The van der Waals surface area contributed by atoms with Gasteiger partial charge in [-0.1, -0.05) is 31.9 Å². The molecule has 0 aliphatic heterocycles. The maximum absolute atomic E-state index is 13.2. The number of hydrogen-bond donors (Lipinski definition) is 0. The SMILES string of the molecule is CCCCN(Cc1cccn1C)C(=O)CN(C(=O)c1ccc(Cl)cc1)C(C)CC. The van der Waals surface area contributed by atoms with Crippen LogP contribution in [0.15, 0.2) is 42.6 Å². The van der Waals surface area contributed by atoms with Crippen LogP contribution in [0.1, 0.15) is 56.1 Å². The predicted molar refractivity (Wildman–Crippen MR) is 118 cm³/mol. The van der Waals surface area contributed by atoms with Crippen molar-refractivity contribution in [3.8, 4) is 0 Å². The largest absolute Gasteiger partial charge is 0.353 e. The lowest BCUT2D eigenvalue weighted by Gasteiger charge is -2.31. The van der Waals surface area contributed by atoms with Crippen molar-refractivity contribution in [2.45, 2.75) is 52.6 Å². The first kappa shape index (κ1) is 23.0. The first-order valence-corrected chi connectivity index (χ1v) is 10.7. The molecule has 1 aromatic carbocycles. The zero-order chi connectivity index (χ0) is 21.4. The van der Waals surface area contributed by atoms with Crippen molar-refractivity contribution in [1.82, 2.24) is 14.4 Å². The van der Waals surface area contributed by atoms with Gasteiger partial charge in [0.05, 0.1) is 6.54 Å². The topological polar surface area (TPSA) is 45.6 Å². The standard InChI is InChI=1S/C23H32ClN3O2/c1-5-7-15-26(16-21-9-8-14-25(21)4)22(28)17-27(18(3)6-2)23(29)19-10-12-20(24)13-11-19/h8-14,18H,5-7,15-17H2,1-4H3. The normalized spacial score (nSPS) is 11.9. The van der Waals surface area contributed by atoms with E-state index in [1.54, 1.807) is 29.2 Å². The zero-order valence-electron chi connectivity index (χ0n) is 17.9. The Morgan fingerprint density at radius 2 is 1.83 bits per heavy atom. The van der Waals surface area contributed by atoms with Crippen LogP contribution in [0.5, 0.6) is 0 Å². The Labute approximate surface area is 179 Å². The van der Waals surface area contributed by atoms with E-state index in [1.165, 1.54) is 0 Å². The quantitative estimate of drug-likeness (QED) is 0.560. The molecule has 1 unspecified atom stereocenters. The van der Waals surface area contributed by atoms with Gasteiger partial charge in [0, 0.05) is 42.1 Å². The fraction of sp³-hybridized carbons (Fsp3) is 0.478. The number of hydrogen-bond acceptors (Lipinski definition) is 2. The van der Waals surface area contributed by atoms with Crippen molar-refractivity contribution in [2.75, 3.05) is 13.1 Å². The first-order chi connectivity index (χ1) is 13.9. The summed E-state index contributed by atoms with van der Waals surface area (Å²) in [7, 11) is 1.98. The molecule has 0 N–H and O–H groups in total. The van der Waals surface area contributed by atoms with E-state index < -0.39 is 0 Å². The molecule has 5 nitrogen and oxygen atoms in total. The molecule has 2 aromatic rings. The summed E-state index contributed by atoms with van der Waals surface area (Å²) >= 11 is 5.95. The van der Waals surface area contributed by atoms with Crippen molar-refractivity contribution < 1.29 is 9.59 Å². The molecule has 0 fully saturated rings. The van der Waals surface area contributed by atoms with Gasteiger partial charge in [-0.25, -0.2) is 0 Å². The monoisotopic (exact) mass is 417 g/mol. The van der Waals surface area contributed by atoms with Gasteiger partial charge in [0.2, 0.25) is 5.91 Å². The summed E-state index contributed by atoms with van der Waals surface area (Å²) in [6.45, 7) is 7.42. The van der Waals surface area contributed by atoms with Gasteiger partial charge in [-0.3, -0.25) is 9.59 Å². The minimum Gasteiger partial charge on any atom is -0.353 e. The van der Waals surface area contributed by atoms with Crippen LogP contribution in [0.2, 0.25) is 5.02 Å². The molecule has 1 aromatic heterocycles. The van der Waals surface area contributed by atoms with Crippen LogP contribution in [-0.4, -0.2) is 45.3 Å². The average molecular weight is 418 g/mol. The van der Waals surface area contributed by atoms with Gasteiger partial charge in [-0.2, -0.15) is 0 Å². The van der Waals surface area contributed by atoms with Crippen LogP contribution < -0.4 is 0 Å². The van der Waals surface area contributed by atoms with Crippen LogP contribution in [0, 0.1) is 0 Å². The number of unbranched alkanes of at least 4 members (excludes halogenated alkanes) is 1. The Morgan fingerprint density at radius 3 is 2.38 bits per heavy atom. The molecule has 2 rings (SSSR count). The first-order valence-electron chi connectivity index (χ1n) is 10.3. The van der Waals surface area contributed by atoms with E-state index >= 15 is 0 Å². The number of halogens is 1. The molecule has 0 saturated carbocycles. The van der Waals surface area contributed by atoms with Gasteiger partial charge in [0.1, 0.15) is 6.54 Å². The lowest BCUT2D eigenvalue weighted by atomic mass is 10.1. The molecule has 0 aliphatic rings. The number of carbonyl (C=O) groups excluding carboxylic acids is 2. The zero-order valence-corrected chi connectivity index (χ0v) is 18.7. The minimum absolute atomic E-state index is 0.0257. The van der Waals surface area contributed by atoms with Gasteiger partial charge >= 0.3 is 0 Å². The Hall–Kier alpha value is -2.27. The van der Waals surface area contributed by atoms with E-state index in [4.69, 9.17) is 11.6 Å². The number of aryl methyl sites for hydroxylation is 1. The van der Waals surface area contributed by atoms with Crippen LogP contribution in [0.3, 0.4) is 0 Å². The second kappa shape index (κ2) is 11.1. The van der Waals surface area contributed by atoms with Gasteiger partial charge in [0.15, 0.2) is 0 Å². The third-order valence-electron chi connectivity index (χ3n) is 5.32. The lowest BCUT2D eigenvalue weighted by molar-refractivity contribution is -0.133. The van der Waals surface area contributed by atoms with Crippen molar-refractivity contribution in [2.24, 2.45) is 7.05 Å². The molecule has 1 heterocycles. The molecular weight excluding hydrogens is 386 g/mol. The fourth-order valence-corrected chi connectivity index (χ4v) is 3.28. The van der Waals surface area contributed by atoms with Crippen LogP contribution in [0.25, 0.3) is 0 Å². The Bertz CT molecular complexity index is 801. The summed E-state index contributed by atoms with van der Waals surface area (Å²) in [4.78, 5) is 29.9. The highest BCUT2D eigenvalue weighted by atomic mass is 35.5. The summed E-state index contributed by atoms with van der Waals surface area (Å²) < 4.78 is 2.03. The fourth-order valence-electron chi connectivity index (χ4n) is 3.15. The molecule has 1 atom stereocenters. The maximum atomic E-state index is 13.2. The molecule has 29 heavy (non-hydrogen) atoms. The molecule has 0 spiro atoms. The lowest BCUT2D eigenvalue weighted by Crippen LogP contribution is -2.46. The number of amides is 2. The highest BCUT2D eigenvalue weighted by Gasteiger charge is 2.26. The van der Waals surface area contributed by atoms with Crippen LogP contribution >= 0.6 is 11.6 Å². The number of benzene rings is 1. The van der Waals surface area contributed by atoms with Gasteiger partial charge < -0.3 is 14.4 Å². The Kier molecular flexibility index (Phi) is 8.77. The number of carbonyl (C=O) groups is 2. The number of nitrogens with zero attached hydrogens (tertiary/aromatic N) is 3. The summed E-state index contributed by atoms with van der Waals surface area (Å²) in [5.74, 6) is -0.166. The van der Waals surface area contributed by atoms with Crippen LogP contribution in [-0.2, 0) is 18.4 Å². The van der Waals surface area contributed by atoms with Gasteiger partial charge in [-0.15, -0.1) is 0 Å². The molecular formula is C23H32ClN3O2. The highest BCUT2D eigenvalue weighted by Crippen LogP contribution is 2.16. The second-order valence-corrected chi connectivity index (χ2v) is 7.91. The predicted octanol–water partition coefficient (Wildman–Crippen LogP) is 4.75. The van der Waals surface area contributed by atoms with E-state index in [2.05, 4.69) is 6.92 Å². The highest BCUT2D eigenvalue weighted by molar-refractivity contribution is 6.30. The van der Waals surface area contributed by atoms with Crippen molar-refractivity contribution >= 4 is 23.4 Å². The molecule has 0 bridgehead atoms. The smallest absolute Gasteiger partial charge is 0.254 e. The Balaban J connectivity index is 2.19. The number of aromatic nitrogens is 1. The molecule has 0 radical (unpaired) electrons. The van der Waals surface area contributed by atoms with Crippen molar-refractivity contribution in [1.29, 1.82) is 0 Å².